The highest BCUT2D eigenvalue weighted by atomic mass is 32.2. The maximum Gasteiger partial charge on any atom is 0.271 e. The highest BCUT2D eigenvalue weighted by Crippen LogP contribution is 2.23. The zero-order chi connectivity index (χ0) is 14.7. The molecule has 0 bridgehead atoms. The average Bonchev–Trinajstić information content (AvgIpc) is 2.37. The molecule has 0 saturated carbocycles. The van der Waals surface area contributed by atoms with E-state index in [1.165, 1.54) is 24.3 Å². The van der Waals surface area contributed by atoms with Crippen LogP contribution in [0.3, 0.4) is 0 Å². The van der Waals surface area contributed by atoms with Crippen LogP contribution in [0.4, 0.5) is 11.4 Å². The Morgan fingerprint density at radius 1 is 1.55 bits per heavy atom. The van der Waals surface area contributed by atoms with Crippen molar-refractivity contribution in [3.05, 3.63) is 34.4 Å². The van der Waals surface area contributed by atoms with Gasteiger partial charge in [-0.15, -0.1) is 0 Å². The highest BCUT2D eigenvalue weighted by Gasteiger charge is 2.28. The molecule has 0 aromatic heterocycles. The van der Waals surface area contributed by atoms with Crippen LogP contribution in [0.2, 0.25) is 0 Å². The van der Waals surface area contributed by atoms with Crippen LogP contribution in [-0.4, -0.2) is 27.2 Å². The number of nitrogens with two attached hydrogens (primary N) is 1. The summed E-state index contributed by atoms with van der Waals surface area (Å²) < 4.78 is 0. The lowest BCUT2D eigenvalue weighted by atomic mass is 10.2. The summed E-state index contributed by atoms with van der Waals surface area (Å²) in [7, 11) is 0. The van der Waals surface area contributed by atoms with Crippen LogP contribution in [0.5, 0.6) is 0 Å². The summed E-state index contributed by atoms with van der Waals surface area (Å²) in [6.07, 6.45) is -0.0495. The van der Waals surface area contributed by atoms with E-state index in [-0.39, 0.29) is 17.3 Å². The second kappa shape index (κ2) is 5.70. The zero-order valence-corrected chi connectivity index (χ0v) is 10.9. The molecule has 0 fully saturated rings. The van der Waals surface area contributed by atoms with Crippen molar-refractivity contribution in [1.29, 1.82) is 0 Å². The van der Waals surface area contributed by atoms with E-state index in [0.717, 1.165) is 11.8 Å². The molecule has 1 aromatic rings. The number of aliphatic imine (C=N–C) groups is 1. The SMILES string of the molecule is NC1=NC(=O)C[C@@H](C(=O)Nc2cccc([N+](=O)[O-])c2)S1. The lowest BCUT2D eigenvalue weighted by Crippen LogP contribution is -2.33. The van der Waals surface area contributed by atoms with Crippen LogP contribution < -0.4 is 11.1 Å². The molecule has 104 valence electrons. The minimum absolute atomic E-state index is 0.0421. The highest BCUT2D eigenvalue weighted by molar-refractivity contribution is 8.15. The molecular formula is C11H10N4O4S. The molecular weight excluding hydrogens is 284 g/mol. The summed E-state index contributed by atoms with van der Waals surface area (Å²) in [5, 5.41) is 12.5. The molecule has 1 aliphatic heterocycles. The van der Waals surface area contributed by atoms with Gasteiger partial charge in [-0.25, -0.2) is 0 Å². The lowest BCUT2D eigenvalue weighted by molar-refractivity contribution is -0.384. The number of carbonyl (C=O) groups excluding carboxylic acids is 2. The van der Waals surface area contributed by atoms with Gasteiger partial charge in [0, 0.05) is 17.8 Å². The van der Waals surface area contributed by atoms with Gasteiger partial charge in [-0.3, -0.25) is 19.7 Å². The summed E-state index contributed by atoms with van der Waals surface area (Å²) in [6, 6.07) is 5.55. The van der Waals surface area contributed by atoms with E-state index >= 15 is 0 Å². The van der Waals surface area contributed by atoms with E-state index in [0.29, 0.717) is 5.69 Å². The van der Waals surface area contributed by atoms with Gasteiger partial charge in [0.2, 0.25) is 11.8 Å². The first-order valence-corrected chi connectivity index (χ1v) is 6.42. The minimum atomic E-state index is -0.681. The molecule has 0 unspecified atom stereocenters. The Hall–Kier alpha value is -2.42. The molecule has 0 saturated heterocycles. The molecule has 20 heavy (non-hydrogen) atoms. The molecule has 2 rings (SSSR count). The lowest BCUT2D eigenvalue weighted by Gasteiger charge is -2.17. The largest absolute Gasteiger partial charge is 0.378 e. The molecule has 1 atom stereocenters. The number of benzene rings is 1. The van der Waals surface area contributed by atoms with Gasteiger partial charge in [-0.05, 0) is 6.07 Å². The second-order valence-corrected chi connectivity index (χ2v) is 5.17. The Morgan fingerprint density at radius 2 is 2.30 bits per heavy atom. The zero-order valence-electron chi connectivity index (χ0n) is 10.1. The van der Waals surface area contributed by atoms with Gasteiger partial charge in [-0.1, -0.05) is 17.8 Å². The average molecular weight is 294 g/mol. The summed E-state index contributed by atoms with van der Waals surface area (Å²) in [5.74, 6) is -0.901. The third-order valence-corrected chi connectivity index (χ3v) is 3.47. The fourth-order valence-corrected chi connectivity index (χ4v) is 2.45. The van der Waals surface area contributed by atoms with Gasteiger partial charge < -0.3 is 11.1 Å². The van der Waals surface area contributed by atoms with Crippen molar-refractivity contribution in [2.75, 3.05) is 5.32 Å². The van der Waals surface area contributed by atoms with Crippen molar-refractivity contribution in [3.8, 4) is 0 Å². The number of rotatable bonds is 3. The third-order valence-electron chi connectivity index (χ3n) is 2.47. The van der Waals surface area contributed by atoms with Crippen LogP contribution in [0.25, 0.3) is 0 Å². The number of hydrogen-bond donors (Lipinski definition) is 2. The Balaban J connectivity index is 2.08. The number of nitrogens with one attached hydrogen (secondary N) is 1. The molecule has 0 aliphatic carbocycles. The molecule has 0 spiro atoms. The number of carbonyl (C=O) groups is 2. The summed E-state index contributed by atoms with van der Waals surface area (Å²) in [4.78, 5) is 36.8. The molecule has 3 N–H and O–H groups in total. The molecule has 1 aliphatic rings. The van der Waals surface area contributed by atoms with Gasteiger partial charge in [-0.2, -0.15) is 4.99 Å². The van der Waals surface area contributed by atoms with Gasteiger partial charge in [0.25, 0.3) is 5.69 Å². The van der Waals surface area contributed by atoms with Crippen molar-refractivity contribution in [3.63, 3.8) is 0 Å². The smallest absolute Gasteiger partial charge is 0.271 e. The Morgan fingerprint density at radius 3 is 2.95 bits per heavy atom. The number of non-ortho nitro benzene ring substituents is 1. The first-order chi connectivity index (χ1) is 9.45. The van der Waals surface area contributed by atoms with Gasteiger partial charge in [0.05, 0.1) is 11.3 Å². The fourth-order valence-electron chi connectivity index (χ4n) is 1.61. The summed E-state index contributed by atoms with van der Waals surface area (Å²) in [6.45, 7) is 0. The monoisotopic (exact) mass is 294 g/mol. The van der Waals surface area contributed by atoms with Gasteiger partial charge in [0.15, 0.2) is 5.17 Å². The number of amidine groups is 1. The molecule has 2 amide bonds. The molecule has 1 aromatic carbocycles. The predicted molar refractivity (Wildman–Crippen MR) is 74.4 cm³/mol. The first-order valence-electron chi connectivity index (χ1n) is 5.54. The topological polar surface area (TPSA) is 128 Å². The maximum atomic E-state index is 12.0. The number of hydrogen-bond acceptors (Lipinski definition) is 6. The van der Waals surface area contributed by atoms with Crippen molar-refractivity contribution in [2.45, 2.75) is 11.7 Å². The summed E-state index contributed by atoms with van der Waals surface area (Å²) >= 11 is 0.989. The van der Waals surface area contributed by atoms with Crippen LogP contribution in [-0.2, 0) is 9.59 Å². The molecule has 1 heterocycles. The molecule has 9 heteroatoms. The van der Waals surface area contributed by atoms with Gasteiger partial charge in [0.1, 0.15) is 5.25 Å². The van der Waals surface area contributed by atoms with E-state index in [4.69, 9.17) is 5.73 Å². The number of anilines is 1. The number of nitro groups is 1. The number of thioether (sulfide) groups is 1. The number of nitrogens with zero attached hydrogens (tertiary/aromatic N) is 2. The predicted octanol–water partition coefficient (Wildman–Crippen LogP) is 0.880. The van der Waals surface area contributed by atoms with E-state index in [1.807, 2.05) is 0 Å². The quantitative estimate of drug-likeness (QED) is 0.629. The van der Waals surface area contributed by atoms with E-state index in [2.05, 4.69) is 10.3 Å². The molecule has 8 nitrogen and oxygen atoms in total. The van der Waals surface area contributed by atoms with Crippen molar-refractivity contribution in [2.24, 2.45) is 10.7 Å². The van der Waals surface area contributed by atoms with Crippen LogP contribution in [0.15, 0.2) is 29.3 Å². The van der Waals surface area contributed by atoms with Crippen molar-refractivity contribution in [1.82, 2.24) is 0 Å². The Bertz CT molecular complexity index is 616. The maximum absolute atomic E-state index is 12.0. The summed E-state index contributed by atoms with van der Waals surface area (Å²) in [5.41, 5.74) is 5.60. The van der Waals surface area contributed by atoms with Crippen LogP contribution in [0.1, 0.15) is 6.42 Å². The van der Waals surface area contributed by atoms with Crippen LogP contribution >= 0.6 is 11.8 Å². The van der Waals surface area contributed by atoms with E-state index in [9.17, 15) is 19.7 Å². The number of amides is 2. The molecule has 0 radical (unpaired) electrons. The Kier molecular flexibility index (Phi) is 3.99. The number of nitro benzene ring substituents is 1. The first kappa shape index (κ1) is 14.0. The van der Waals surface area contributed by atoms with Gasteiger partial charge >= 0.3 is 0 Å². The normalized spacial score (nSPS) is 18.3. The van der Waals surface area contributed by atoms with Crippen LogP contribution in [0, 0.1) is 10.1 Å². The van der Waals surface area contributed by atoms with Crippen molar-refractivity contribution < 1.29 is 14.5 Å². The third kappa shape index (κ3) is 3.32. The Labute approximate surface area is 117 Å². The van der Waals surface area contributed by atoms with E-state index in [1.54, 1.807) is 0 Å². The minimum Gasteiger partial charge on any atom is -0.378 e. The fraction of sp³-hybridized carbons (Fsp3) is 0.182. The van der Waals surface area contributed by atoms with E-state index < -0.39 is 22.0 Å². The standard InChI is InChI=1S/C11H10N4O4S/c12-11-14-9(16)5-8(20-11)10(17)13-6-2-1-3-7(4-6)15(18)19/h1-4,8H,5H2,(H,13,17)(H2,12,14,16)/t8-/m0/s1. The second-order valence-electron chi connectivity index (χ2n) is 3.95. The van der Waals surface area contributed by atoms with Crippen molar-refractivity contribution >= 4 is 40.1 Å².